The quantitative estimate of drug-likeness (QED) is 0.775. The summed E-state index contributed by atoms with van der Waals surface area (Å²) in [5.41, 5.74) is 6.03. The van der Waals surface area contributed by atoms with Crippen LogP contribution in [0.1, 0.15) is 29.9 Å². The summed E-state index contributed by atoms with van der Waals surface area (Å²) in [4.78, 5) is 16.2. The molecule has 0 saturated heterocycles. The van der Waals surface area contributed by atoms with Crippen LogP contribution in [0.4, 0.5) is 0 Å². The minimum atomic E-state index is -0.712. The number of hydrogen-bond acceptors (Lipinski definition) is 3. The number of nitrogens with zero attached hydrogens (tertiary/aromatic N) is 1. The van der Waals surface area contributed by atoms with Gasteiger partial charge in [-0.2, -0.15) is 0 Å². The summed E-state index contributed by atoms with van der Waals surface area (Å²) >= 11 is 4.88. The van der Waals surface area contributed by atoms with E-state index in [2.05, 4.69) is 10.3 Å². The predicted molar refractivity (Wildman–Crippen MR) is 67.3 cm³/mol. The van der Waals surface area contributed by atoms with Gasteiger partial charge < -0.3 is 11.1 Å². The molecule has 4 nitrogen and oxygen atoms in total. The molecular weight excluding hydrogens is 222 g/mol. The number of carbonyl (C=O) groups is 1. The van der Waals surface area contributed by atoms with Gasteiger partial charge in [0, 0.05) is 6.20 Å². The molecular formula is C11H15N3OS. The Morgan fingerprint density at radius 1 is 1.56 bits per heavy atom. The van der Waals surface area contributed by atoms with Crippen molar-refractivity contribution in [1.29, 1.82) is 0 Å². The van der Waals surface area contributed by atoms with Crippen LogP contribution in [0.2, 0.25) is 0 Å². The Labute approximate surface area is 100 Å². The Balaban J connectivity index is 2.89. The molecule has 1 aromatic rings. The van der Waals surface area contributed by atoms with Crippen molar-refractivity contribution in [2.24, 2.45) is 5.73 Å². The number of nitrogens with two attached hydrogens (primary N) is 1. The molecule has 0 aliphatic carbocycles. The van der Waals surface area contributed by atoms with Gasteiger partial charge >= 0.3 is 0 Å². The molecule has 0 radical (unpaired) electrons. The van der Waals surface area contributed by atoms with E-state index in [0.29, 0.717) is 5.69 Å². The largest absolute Gasteiger partial charge is 0.391 e. The van der Waals surface area contributed by atoms with Gasteiger partial charge in [-0.1, -0.05) is 18.3 Å². The monoisotopic (exact) mass is 237 g/mol. The first-order valence-corrected chi connectivity index (χ1v) is 5.29. The number of pyridine rings is 1. The van der Waals surface area contributed by atoms with E-state index in [1.165, 1.54) is 0 Å². The van der Waals surface area contributed by atoms with Crippen molar-refractivity contribution < 1.29 is 4.79 Å². The lowest BCUT2D eigenvalue weighted by Gasteiger charge is -2.24. The highest BCUT2D eigenvalue weighted by atomic mass is 32.1. The van der Waals surface area contributed by atoms with Crippen LogP contribution in [0.15, 0.2) is 18.3 Å². The summed E-state index contributed by atoms with van der Waals surface area (Å²) < 4.78 is 0. The third-order valence-electron chi connectivity index (χ3n) is 2.27. The molecule has 1 rings (SSSR count). The Morgan fingerprint density at radius 3 is 2.69 bits per heavy atom. The van der Waals surface area contributed by atoms with Gasteiger partial charge in [-0.05, 0) is 32.4 Å². The molecule has 86 valence electrons. The van der Waals surface area contributed by atoms with Crippen LogP contribution in [-0.2, 0) is 0 Å². The molecule has 1 aromatic heterocycles. The van der Waals surface area contributed by atoms with E-state index in [-0.39, 0.29) is 10.9 Å². The van der Waals surface area contributed by atoms with Crippen molar-refractivity contribution in [3.63, 3.8) is 0 Å². The van der Waals surface area contributed by atoms with E-state index in [4.69, 9.17) is 18.0 Å². The predicted octanol–water partition coefficient (Wildman–Crippen LogP) is 1.18. The van der Waals surface area contributed by atoms with Gasteiger partial charge in [0.2, 0.25) is 0 Å². The van der Waals surface area contributed by atoms with Crippen LogP contribution in [0, 0.1) is 6.92 Å². The fourth-order valence-corrected chi connectivity index (χ4v) is 1.18. The number of hydrogen-bond donors (Lipinski definition) is 2. The van der Waals surface area contributed by atoms with Gasteiger partial charge in [0.1, 0.15) is 5.69 Å². The van der Waals surface area contributed by atoms with Crippen LogP contribution in [0.5, 0.6) is 0 Å². The molecule has 5 heteroatoms. The SMILES string of the molecule is Cc1cccnc1C(=O)NC(C)(C)C(N)=S. The van der Waals surface area contributed by atoms with E-state index in [9.17, 15) is 4.79 Å². The molecule has 0 atom stereocenters. The van der Waals surface area contributed by atoms with E-state index >= 15 is 0 Å². The number of aromatic nitrogens is 1. The van der Waals surface area contributed by atoms with Gasteiger partial charge in [0.25, 0.3) is 5.91 Å². The van der Waals surface area contributed by atoms with E-state index in [0.717, 1.165) is 5.56 Å². The number of aryl methyl sites for hydroxylation is 1. The van der Waals surface area contributed by atoms with Crippen LogP contribution in [-0.4, -0.2) is 21.4 Å². The second kappa shape index (κ2) is 4.57. The van der Waals surface area contributed by atoms with Crippen molar-refractivity contribution in [2.75, 3.05) is 0 Å². The highest BCUT2D eigenvalue weighted by molar-refractivity contribution is 7.80. The summed E-state index contributed by atoms with van der Waals surface area (Å²) in [7, 11) is 0. The number of nitrogens with one attached hydrogen (secondary N) is 1. The van der Waals surface area contributed by atoms with Crippen LogP contribution in [0.25, 0.3) is 0 Å². The fourth-order valence-electron chi connectivity index (χ4n) is 1.13. The zero-order valence-electron chi connectivity index (χ0n) is 9.57. The lowest BCUT2D eigenvalue weighted by Crippen LogP contribution is -2.52. The molecule has 0 saturated carbocycles. The summed E-state index contributed by atoms with van der Waals surface area (Å²) in [6, 6.07) is 3.61. The number of rotatable bonds is 3. The van der Waals surface area contributed by atoms with Crippen LogP contribution in [0.3, 0.4) is 0 Å². The molecule has 0 fully saturated rings. The highest BCUT2D eigenvalue weighted by Crippen LogP contribution is 2.07. The van der Waals surface area contributed by atoms with Gasteiger partial charge in [-0.3, -0.25) is 9.78 Å². The molecule has 0 bridgehead atoms. The second-order valence-corrected chi connectivity index (χ2v) is 4.55. The van der Waals surface area contributed by atoms with Crippen molar-refractivity contribution >= 4 is 23.1 Å². The number of amides is 1. The molecule has 1 heterocycles. The topological polar surface area (TPSA) is 68.0 Å². The van der Waals surface area contributed by atoms with Gasteiger partial charge in [0.05, 0.1) is 10.5 Å². The zero-order valence-corrected chi connectivity index (χ0v) is 10.4. The smallest absolute Gasteiger partial charge is 0.270 e. The third kappa shape index (κ3) is 2.76. The number of thiocarbonyl (C=S) groups is 1. The van der Waals surface area contributed by atoms with Crippen molar-refractivity contribution in [3.8, 4) is 0 Å². The Kier molecular flexibility index (Phi) is 3.59. The van der Waals surface area contributed by atoms with Crippen molar-refractivity contribution in [2.45, 2.75) is 26.3 Å². The van der Waals surface area contributed by atoms with Crippen LogP contribution < -0.4 is 11.1 Å². The average molecular weight is 237 g/mol. The van der Waals surface area contributed by atoms with Crippen molar-refractivity contribution in [1.82, 2.24) is 10.3 Å². The number of carbonyl (C=O) groups excluding carboxylic acids is 1. The lowest BCUT2D eigenvalue weighted by molar-refractivity contribution is 0.0926. The molecule has 16 heavy (non-hydrogen) atoms. The molecule has 0 spiro atoms. The van der Waals surface area contributed by atoms with Crippen molar-refractivity contribution in [3.05, 3.63) is 29.6 Å². The lowest BCUT2D eigenvalue weighted by atomic mass is 10.1. The fraction of sp³-hybridized carbons (Fsp3) is 0.364. The Morgan fingerprint density at radius 2 is 2.19 bits per heavy atom. The van der Waals surface area contributed by atoms with E-state index < -0.39 is 5.54 Å². The molecule has 0 aromatic carbocycles. The summed E-state index contributed by atoms with van der Waals surface area (Å²) in [5, 5.41) is 2.75. The first-order valence-electron chi connectivity index (χ1n) is 4.88. The van der Waals surface area contributed by atoms with Gasteiger partial charge in [-0.15, -0.1) is 0 Å². The molecule has 0 aliphatic heterocycles. The summed E-state index contributed by atoms with van der Waals surface area (Å²) in [6.07, 6.45) is 1.58. The molecule has 0 aliphatic rings. The van der Waals surface area contributed by atoms with E-state index in [1.807, 2.05) is 13.0 Å². The maximum Gasteiger partial charge on any atom is 0.270 e. The van der Waals surface area contributed by atoms with Gasteiger partial charge in [0.15, 0.2) is 0 Å². The molecule has 0 unspecified atom stereocenters. The average Bonchev–Trinajstić information content (AvgIpc) is 2.17. The third-order valence-corrected chi connectivity index (χ3v) is 2.78. The molecule has 3 N–H and O–H groups in total. The maximum atomic E-state index is 11.9. The molecule has 1 amide bonds. The summed E-state index contributed by atoms with van der Waals surface area (Å²) in [5.74, 6) is -0.268. The Hall–Kier alpha value is -1.49. The summed E-state index contributed by atoms with van der Waals surface area (Å²) in [6.45, 7) is 5.34. The first-order chi connectivity index (χ1) is 7.34. The normalized spacial score (nSPS) is 10.9. The zero-order chi connectivity index (χ0) is 12.3. The van der Waals surface area contributed by atoms with E-state index in [1.54, 1.807) is 26.1 Å². The van der Waals surface area contributed by atoms with Gasteiger partial charge in [-0.25, -0.2) is 0 Å². The minimum Gasteiger partial charge on any atom is -0.391 e. The minimum absolute atomic E-state index is 0.245. The highest BCUT2D eigenvalue weighted by Gasteiger charge is 2.25. The maximum absolute atomic E-state index is 11.9. The Bertz CT molecular complexity index is 429. The second-order valence-electron chi connectivity index (χ2n) is 4.11. The first kappa shape index (κ1) is 12.6. The van der Waals surface area contributed by atoms with Crippen LogP contribution >= 0.6 is 12.2 Å². The standard InChI is InChI=1S/C11H15N3OS/c1-7-5-4-6-13-8(7)9(15)14-11(2,3)10(12)16/h4-6H,1-3H3,(H2,12,16)(H,14,15).